The Labute approximate surface area is 144 Å². The zero-order valence-corrected chi connectivity index (χ0v) is 14.4. The number of likely N-dealkylation sites (N-methyl/N-ethyl adjacent to an activating group) is 1. The molecule has 3 rings (SSSR count). The van der Waals surface area contributed by atoms with E-state index < -0.39 is 0 Å². The van der Waals surface area contributed by atoms with Crippen molar-refractivity contribution in [3.63, 3.8) is 0 Å². The van der Waals surface area contributed by atoms with Gasteiger partial charge in [0.1, 0.15) is 11.9 Å². The second kappa shape index (κ2) is 7.09. The summed E-state index contributed by atoms with van der Waals surface area (Å²) >= 11 is 1.23. The van der Waals surface area contributed by atoms with Gasteiger partial charge in [0.15, 0.2) is 5.16 Å². The third kappa shape index (κ3) is 3.97. The molecule has 7 heteroatoms. The molecule has 1 aliphatic rings. The number of aryl methyl sites for hydroxylation is 1. The number of nitrogens with one attached hydrogen (secondary N) is 1. The summed E-state index contributed by atoms with van der Waals surface area (Å²) in [5, 5.41) is 0.464. The summed E-state index contributed by atoms with van der Waals surface area (Å²) in [7, 11) is 1.77. The molecular formula is C17H19N3O3S. The van der Waals surface area contributed by atoms with E-state index in [9.17, 15) is 9.59 Å². The average Bonchev–Trinajstić information content (AvgIpc) is 2.93. The van der Waals surface area contributed by atoms with E-state index in [-0.39, 0.29) is 23.3 Å². The Morgan fingerprint density at radius 2 is 2.25 bits per heavy atom. The van der Waals surface area contributed by atoms with Crippen LogP contribution in [0, 0.1) is 6.92 Å². The van der Waals surface area contributed by atoms with Crippen LogP contribution in [-0.2, 0) is 11.2 Å². The third-order valence-electron chi connectivity index (χ3n) is 3.80. The molecule has 2 aromatic rings. The Balaban J connectivity index is 1.51. The number of carbonyl (C=O) groups excluding carboxylic acids is 1. The number of rotatable bonds is 5. The number of H-pyrrole nitrogens is 1. The lowest BCUT2D eigenvalue weighted by atomic mass is 10.1. The van der Waals surface area contributed by atoms with E-state index in [1.807, 2.05) is 24.3 Å². The van der Waals surface area contributed by atoms with E-state index in [1.54, 1.807) is 18.9 Å². The fraction of sp³-hybridized carbons (Fsp3) is 0.353. The second-order valence-electron chi connectivity index (χ2n) is 5.81. The second-order valence-corrected chi connectivity index (χ2v) is 6.77. The summed E-state index contributed by atoms with van der Waals surface area (Å²) in [4.78, 5) is 32.2. The van der Waals surface area contributed by atoms with E-state index in [0.717, 1.165) is 12.2 Å². The van der Waals surface area contributed by atoms with E-state index in [1.165, 1.54) is 23.4 Å². The smallest absolute Gasteiger partial charge is 0.251 e. The molecule has 1 N–H and O–H groups in total. The fourth-order valence-corrected chi connectivity index (χ4v) is 3.49. The molecule has 0 radical (unpaired) electrons. The lowest BCUT2D eigenvalue weighted by Gasteiger charge is -2.20. The van der Waals surface area contributed by atoms with Gasteiger partial charge in [-0.05, 0) is 18.6 Å². The molecule has 0 saturated carbocycles. The van der Waals surface area contributed by atoms with Gasteiger partial charge in [0.05, 0.1) is 12.3 Å². The number of thioether (sulfide) groups is 1. The number of benzene rings is 1. The van der Waals surface area contributed by atoms with Crippen LogP contribution >= 0.6 is 11.8 Å². The normalized spacial score (nSPS) is 15.7. The molecule has 0 bridgehead atoms. The quantitative estimate of drug-likeness (QED) is 0.658. The van der Waals surface area contributed by atoms with Crippen LogP contribution in [0.25, 0.3) is 0 Å². The molecule has 0 fully saturated rings. The minimum Gasteiger partial charge on any atom is -0.488 e. The first-order valence-electron chi connectivity index (χ1n) is 7.70. The number of fused-ring (bicyclic) bond motifs is 1. The van der Waals surface area contributed by atoms with E-state index in [2.05, 4.69) is 9.97 Å². The molecule has 1 aromatic carbocycles. The van der Waals surface area contributed by atoms with Gasteiger partial charge in [0.2, 0.25) is 5.91 Å². The Hall–Kier alpha value is -2.28. The standard InChI is InChI=1S/C17H19N3O3S/c1-11-7-15(21)19-17(18-11)24-10-16(22)20(2)9-13-8-12-5-3-4-6-14(12)23-13/h3-7,13H,8-10H2,1-2H3,(H,18,19,21)/t13-/m1/s1. The minimum atomic E-state index is -0.206. The van der Waals surface area contributed by atoms with Gasteiger partial charge in [-0.25, -0.2) is 4.98 Å². The number of hydrogen-bond donors (Lipinski definition) is 1. The van der Waals surface area contributed by atoms with Gasteiger partial charge >= 0.3 is 0 Å². The highest BCUT2D eigenvalue weighted by Gasteiger charge is 2.25. The molecular weight excluding hydrogens is 326 g/mol. The van der Waals surface area contributed by atoms with Gasteiger partial charge in [-0.2, -0.15) is 0 Å². The van der Waals surface area contributed by atoms with Crippen molar-refractivity contribution >= 4 is 17.7 Å². The molecule has 1 atom stereocenters. The van der Waals surface area contributed by atoms with Crippen LogP contribution in [0.2, 0.25) is 0 Å². The van der Waals surface area contributed by atoms with Crippen LogP contribution < -0.4 is 10.3 Å². The van der Waals surface area contributed by atoms with Crippen molar-refractivity contribution < 1.29 is 9.53 Å². The van der Waals surface area contributed by atoms with Gasteiger partial charge < -0.3 is 14.6 Å². The lowest BCUT2D eigenvalue weighted by Crippen LogP contribution is -2.37. The maximum atomic E-state index is 12.3. The first kappa shape index (κ1) is 16.6. The summed E-state index contributed by atoms with van der Waals surface area (Å²) in [5.74, 6) is 1.10. The van der Waals surface area contributed by atoms with Crippen molar-refractivity contribution in [2.24, 2.45) is 0 Å². The molecule has 0 saturated heterocycles. The molecule has 1 amide bonds. The van der Waals surface area contributed by atoms with Crippen LogP contribution in [0.1, 0.15) is 11.3 Å². The minimum absolute atomic E-state index is 0.0155. The Kier molecular flexibility index (Phi) is 4.89. The number of ether oxygens (including phenoxy) is 1. The summed E-state index contributed by atoms with van der Waals surface area (Å²) in [5.41, 5.74) is 1.61. The Morgan fingerprint density at radius 3 is 3.00 bits per heavy atom. The first-order chi connectivity index (χ1) is 11.5. The summed E-state index contributed by atoms with van der Waals surface area (Å²) in [6.45, 7) is 2.29. The number of nitrogens with zero attached hydrogens (tertiary/aromatic N) is 2. The molecule has 0 unspecified atom stereocenters. The maximum Gasteiger partial charge on any atom is 0.251 e. The summed E-state index contributed by atoms with van der Waals surface area (Å²) in [6.07, 6.45) is 0.798. The maximum absolute atomic E-state index is 12.3. The lowest BCUT2D eigenvalue weighted by molar-refractivity contribution is -0.128. The van der Waals surface area contributed by atoms with Crippen LogP contribution in [0.3, 0.4) is 0 Å². The van der Waals surface area contributed by atoms with Crippen molar-refractivity contribution in [2.75, 3.05) is 19.3 Å². The van der Waals surface area contributed by atoms with E-state index in [0.29, 0.717) is 17.4 Å². The number of para-hydroxylation sites is 1. The van der Waals surface area contributed by atoms with E-state index in [4.69, 9.17) is 4.74 Å². The topological polar surface area (TPSA) is 75.3 Å². The van der Waals surface area contributed by atoms with Crippen molar-refractivity contribution in [3.8, 4) is 5.75 Å². The zero-order valence-electron chi connectivity index (χ0n) is 13.6. The van der Waals surface area contributed by atoms with Gasteiger partial charge in [0.25, 0.3) is 5.56 Å². The Bertz CT molecular complexity index is 781. The molecule has 6 nitrogen and oxygen atoms in total. The van der Waals surface area contributed by atoms with Crippen molar-refractivity contribution in [1.82, 2.24) is 14.9 Å². The number of aromatic nitrogens is 2. The molecule has 24 heavy (non-hydrogen) atoms. The SMILES string of the molecule is Cc1cc(=O)[nH]c(SCC(=O)N(C)C[C@H]2Cc3ccccc3O2)n1. The number of aromatic amines is 1. The molecule has 0 aliphatic carbocycles. The first-order valence-corrected chi connectivity index (χ1v) is 8.69. The van der Waals surface area contributed by atoms with Crippen molar-refractivity contribution in [1.29, 1.82) is 0 Å². The van der Waals surface area contributed by atoms with Gasteiger partial charge in [-0.15, -0.1) is 0 Å². The van der Waals surface area contributed by atoms with Crippen LogP contribution in [0.5, 0.6) is 5.75 Å². The molecule has 1 aliphatic heterocycles. The highest BCUT2D eigenvalue weighted by molar-refractivity contribution is 7.99. The van der Waals surface area contributed by atoms with Crippen molar-refractivity contribution in [2.45, 2.75) is 24.6 Å². The number of carbonyl (C=O) groups is 1. The predicted molar refractivity (Wildman–Crippen MR) is 92.5 cm³/mol. The predicted octanol–water partition coefficient (Wildman–Crippen LogP) is 1.63. The third-order valence-corrected chi connectivity index (χ3v) is 4.66. The van der Waals surface area contributed by atoms with Crippen molar-refractivity contribution in [3.05, 3.63) is 51.9 Å². The summed E-state index contributed by atoms with van der Waals surface area (Å²) in [6, 6.07) is 9.36. The Morgan fingerprint density at radius 1 is 1.46 bits per heavy atom. The van der Waals surface area contributed by atoms with E-state index >= 15 is 0 Å². The van der Waals surface area contributed by atoms with Crippen LogP contribution in [0.4, 0.5) is 0 Å². The van der Waals surface area contributed by atoms with Gasteiger partial charge in [0, 0.05) is 25.2 Å². The molecule has 1 aromatic heterocycles. The zero-order chi connectivity index (χ0) is 17.1. The monoisotopic (exact) mass is 345 g/mol. The average molecular weight is 345 g/mol. The fourth-order valence-electron chi connectivity index (χ4n) is 2.62. The number of hydrogen-bond acceptors (Lipinski definition) is 5. The molecule has 126 valence electrons. The summed E-state index contributed by atoms with van der Waals surface area (Å²) < 4.78 is 5.86. The highest BCUT2D eigenvalue weighted by Crippen LogP contribution is 2.28. The molecule has 0 spiro atoms. The largest absolute Gasteiger partial charge is 0.488 e. The number of amides is 1. The van der Waals surface area contributed by atoms with Crippen LogP contribution in [0.15, 0.2) is 40.3 Å². The van der Waals surface area contributed by atoms with Gasteiger partial charge in [-0.1, -0.05) is 30.0 Å². The highest BCUT2D eigenvalue weighted by atomic mass is 32.2. The van der Waals surface area contributed by atoms with Gasteiger partial charge in [-0.3, -0.25) is 9.59 Å². The molecule has 2 heterocycles. The van der Waals surface area contributed by atoms with Crippen LogP contribution in [-0.4, -0.2) is 46.2 Å².